The molecule has 0 aromatic heterocycles. The fourth-order valence-corrected chi connectivity index (χ4v) is 4.02. The number of sulfonamides is 1. The number of hydrogen-bond donors (Lipinski definition) is 1. The number of nitrogens with zero attached hydrogens (tertiary/aromatic N) is 2. The third-order valence-electron chi connectivity index (χ3n) is 4.05. The Morgan fingerprint density at radius 2 is 1.96 bits per heavy atom. The van der Waals surface area contributed by atoms with Crippen LogP contribution in [0.4, 0.5) is 5.69 Å². The smallest absolute Gasteiger partial charge is 0.233 e. The van der Waals surface area contributed by atoms with Crippen LogP contribution in [0.15, 0.2) is 24.3 Å². The second kappa shape index (κ2) is 7.85. The molecule has 0 radical (unpaired) electrons. The summed E-state index contributed by atoms with van der Waals surface area (Å²) in [6, 6.07) is 6.68. The zero-order chi connectivity index (χ0) is 17.7. The van der Waals surface area contributed by atoms with E-state index in [2.05, 4.69) is 9.62 Å². The number of ether oxygens (including phenoxy) is 1. The van der Waals surface area contributed by atoms with E-state index in [1.54, 1.807) is 36.1 Å². The van der Waals surface area contributed by atoms with Gasteiger partial charge in [0.25, 0.3) is 0 Å². The van der Waals surface area contributed by atoms with E-state index >= 15 is 0 Å². The largest absolute Gasteiger partial charge is 0.497 e. The van der Waals surface area contributed by atoms with E-state index in [-0.39, 0.29) is 11.7 Å². The van der Waals surface area contributed by atoms with Gasteiger partial charge in [0.1, 0.15) is 5.75 Å². The third-order valence-corrected chi connectivity index (χ3v) is 5.53. The van der Waals surface area contributed by atoms with Crippen molar-refractivity contribution < 1.29 is 17.9 Å². The van der Waals surface area contributed by atoms with E-state index in [0.29, 0.717) is 24.5 Å². The van der Waals surface area contributed by atoms with Crippen LogP contribution in [0, 0.1) is 5.92 Å². The maximum absolute atomic E-state index is 12.4. The van der Waals surface area contributed by atoms with Crippen molar-refractivity contribution in [3.05, 3.63) is 24.3 Å². The van der Waals surface area contributed by atoms with Gasteiger partial charge < -0.3 is 14.5 Å². The normalized spacial score (nSPS) is 17.4. The van der Waals surface area contributed by atoms with Gasteiger partial charge in [0.15, 0.2) is 0 Å². The average Bonchev–Trinajstić information content (AvgIpc) is 2.54. The van der Waals surface area contributed by atoms with Gasteiger partial charge in [0, 0.05) is 32.2 Å². The first-order valence-corrected chi connectivity index (χ1v) is 9.58. The number of methoxy groups -OCH3 is 1. The molecule has 134 valence electrons. The highest BCUT2D eigenvalue weighted by Crippen LogP contribution is 2.19. The zero-order valence-electron chi connectivity index (χ0n) is 14.4. The van der Waals surface area contributed by atoms with Crippen LogP contribution in [-0.2, 0) is 14.8 Å². The van der Waals surface area contributed by atoms with Crippen LogP contribution in [0.1, 0.15) is 6.92 Å². The maximum Gasteiger partial charge on any atom is 0.233 e. The van der Waals surface area contributed by atoms with Crippen LogP contribution in [0.5, 0.6) is 5.75 Å². The number of carbonyl (C=O) groups excluding carboxylic acids is 1. The third kappa shape index (κ3) is 5.10. The predicted octanol–water partition coefficient (Wildman–Crippen LogP) is 0.847. The Bertz CT molecular complexity index is 670. The summed E-state index contributed by atoms with van der Waals surface area (Å²) in [6.45, 7) is 4.57. The van der Waals surface area contributed by atoms with Gasteiger partial charge in [0.2, 0.25) is 15.9 Å². The van der Waals surface area contributed by atoms with E-state index in [1.807, 2.05) is 7.05 Å². The minimum Gasteiger partial charge on any atom is -0.497 e. The number of rotatable bonds is 6. The van der Waals surface area contributed by atoms with E-state index in [9.17, 15) is 13.2 Å². The molecule has 7 nitrogen and oxygen atoms in total. The Morgan fingerprint density at radius 3 is 2.58 bits per heavy atom. The monoisotopic (exact) mass is 355 g/mol. The zero-order valence-corrected chi connectivity index (χ0v) is 15.2. The van der Waals surface area contributed by atoms with Gasteiger partial charge in [-0.1, -0.05) is 13.0 Å². The standard InChI is InChI=1S/C16H25N3O4S/c1-13(16(20)19-9-7-18(2)8-10-19)12-24(21,22)17-14-5-4-6-15(11-14)23-3/h4-6,11,13,17H,7-10,12H2,1-3H3. The number of piperazine rings is 1. The molecule has 1 N–H and O–H groups in total. The topological polar surface area (TPSA) is 78.9 Å². The number of carbonyl (C=O) groups is 1. The molecule has 1 fully saturated rings. The highest BCUT2D eigenvalue weighted by Gasteiger charge is 2.27. The molecule has 0 saturated carbocycles. The van der Waals surface area contributed by atoms with Crippen molar-refractivity contribution in [1.82, 2.24) is 9.80 Å². The molecule has 1 aromatic rings. The molecule has 24 heavy (non-hydrogen) atoms. The van der Waals surface area contributed by atoms with Crippen molar-refractivity contribution >= 4 is 21.6 Å². The highest BCUT2D eigenvalue weighted by atomic mass is 32.2. The van der Waals surface area contributed by atoms with E-state index in [4.69, 9.17) is 4.74 Å². The molecule has 2 rings (SSSR count). The van der Waals surface area contributed by atoms with Gasteiger partial charge in [-0.05, 0) is 19.2 Å². The summed E-state index contributed by atoms with van der Waals surface area (Å²) in [5.74, 6) is -0.373. The molecule has 1 aliphatic heterocycles. The number of nitrogens with one attached hydrogen (secondary N) is 1. The molecular formula is C16H25N3O4S. The first-order valence-electron chi connectivity index (χ1n) is 7.92. The van der Waals surface area contributed by atoms with Crippen molar-refractivity contribution in [2.45, 2.75) is 6.92 Å². The summed E-state index contributed by atoms with van der Waals surface area (Å²) in [6.07, 6.45) is 0. The first-order chi connectivity index (χ1) is 11.3. The second-order valence-corrected chi connectivity index (χ2v) is 7.91. The Morgan fingerprint density at radius 1 is 1.29 bits per heavy atom. The summed E-state index contributed by atoms with van der Waals surface area (Å²) >= 11 is 0. The van der Waals surface area contributed by atoms with Crippen LogP contribution >= 0.6 is 0 Å². The first kappa shape index (κ1) is 18.5. The van der Waals surface area contributed by atoms with E-state index in [0.717, 1.165) is 13.1 Å². The van der Waals surface area contributed by atoms with Crippen LogP contribution in [0.2, 0.25) is 0 Å². The average molecular weight is 355 g/mol. The number of anilines is 1. The van der Waals surface area contributed by atoms with Gasteiger partial charge in [-0.15, -0.1) is 0 Å². The van der Waals surface area contributed by atoms with Crippen molar-refractivity contribution in [2.75, 3.05) is 50.8 Å². The quantitative estimate of drug-likeness (QED) is 0.818. The Labute approximate surface area is 143 Å². The Kier molecular flexibility index (Phi) is 6.06. The molecule has 0 bridgehead atoms. The number of benzene rings is 1. The summed E-state index contributed by atoms with van der Waals surface area (Å²) in [4.78, 5) is 16.3. The van der Waals surface area contributed by atoms with Gasteiger partial charge in [0.05, 0.1) is 24.5 Å². The molecule has 0 spiro atoms. The Balaban J connectivity index is 1.96. The lowest BCUT2D eigenvalue weighted by molar-refractivity contribution is -0.135. The molecular weight excluding hydrogens is 330 g/mol. The van der Waals surface area contributed by atoms with E-state index in [1.165, 1.54) is 7.11 Å². The number of hydrogen-bond acceptors (Lipinski definition) is 5. The lowest BCUT2D eigenvalue weighted by Crippen LogP contribution is -2.49. The lowest BCUT2D eigenvalue weighted by atomic mass is 10.1. The number of likely N-dealkylation sites (N-methyl/N-ethyl adjacent to an activating group) is 1. The molecule has 8 heteroatoms. The molecule has 1 unspecified atom stereocenters. The van der Waals surface area contributed by atoms with Crippen LogP contribution in [0.25, 0.3) is 0 Å². The van der Waals surface area contributed by atoms with Crippen LogP contribution in [-0.4, -0.2) is 70.2 Å². The molecule has 1 atom stereocenters. The fraction of sp³-hybridized carbons (Fsp3) is 0.562. The molecule has 1 aromatic carbocycles. The molecule has 1 saturated heterocycles. The summed E-state index contributed by atoms with van der Waals surface area (Å²) in [5.41, 5.74) is 0.425. The predicted molar refractivity (Wildman–Crippen MR) is 93.6 cm³/mol. The molecule has 1 aliphatic rings. The Hall–Kier alpha value is -1.80. The second-order valence-electron chi connectivity index (χ2n) is 6.15. The lowest BCUT2D eigenvalue weighted by Gasteiger charge is -2.34. The van der Waals surface area contributed by atoms with Crippen LogP contribution < -0.4 is 9.46 Å². The maximum atomic E-state index is 12.4. The summed E-state index contributed by atoms with van der Waals surface area (Å²) in [5, 5.41) is 0. The highest BCUT2D eigenvalue weighted by molar-refractivity contribution is 7.92. The van der Waals surface area contributed by atoms with Gasteiger partial charge in [-0.25, -0.2) is 8.42 Å². The molecule has 1 amide bonds. The minimum atomic E-state index is -3.62. The van der Waals surface area contributed by atoms with Gasteiger partial charge in [-0.2, -0.15) is 0 Å². The van der Waals surface area contributed by atoms with Gasteiger partial charge in [-0.3, -0.25) is 9.52 Å². The van der Waals surface area contributed by atoms with Crippen molar-refractivity contribution in [3.63, 3.8) is 0 Å². The number of amides is 1. The summed E-state index contributed by atoms with van der Waals surface area (Å²) < 4.78 is 32.2. The van der Waals surface area contributed by atoms with Crippen LogP contribution in [0.3, 0.4) is 0 Å². The van der Waals surface area contributed by atoms with E-state index < -0.39 is 15.9 Å². The fourth-order valence-electron chi connectivity index (χ4n) is 2.65. The SMILES string of the molecule is COc1cccc(NS(=O)(=O)CC(C)C(=O)N2CCN(C)CC2)c1. The molecule has 0 aliphatic carbocycles. The van der Waals surface area contributed by atoms with Gasteiger partial charge >= 0.3 is 0 Å². The minimum absolute atomic E-state index is 0.112. The van der Waals surface area contributed by atoms with Crippen molar-refractivity contribution in [2.24, 2.45) is 5.92 Å². The summed E-state index contributed by atoms with van der Waals surface area (Å²) in [7, 11) is -0.0908. The van der Waals surface area contributed by atoms with Crippen molar-refractivity contribution in [3.8, 4) is 5.75 Å². The molecule has 1 heterocycles. The van der Waals surface area contributed by atoms with Crippen molar-refractivity contribution in [1.29, 1.82) is 0 Å².